The van der Waals surface area contributed by atoms with Crippen LogP contribution in [0.4, 0.5) is 0 Å². The van der Waals surface area contributed by atoms with Crippen LogP contribution >= 0.6 is 0 Å². The van der Waals surface area contributed by atoms with Crippen LogP contribution in [0.3, 0.4) is 0 Å². The summed E-state index contributed by atoms with van der Waals surface area (Å²) in [6.45, 7) is 15.1. The highest BCUT2D eigenvalue weighted by Gasteiger charge is 2.42. The van der Waals surface area contributed by atoms with Crippen molar-refractivity contribution in [2.24, 2.45) is 0 Å². The standard InChI is InChI=1S/C13H27O3Si4/c1-17(2)14-19(5,6)16-20(7,15-18(3)4)13-11-9-8-10-12-13/h8-12,18H,1-7H3. The third-order valence-electron chi connectivity index (χ3n) is 2.65. The van der Waals surface area contributed by atoms with E-state index in [2.05, 4.69) is 70.1 Å². The molecular formula is C13H27O3Si4. The number of benzene rings is 1. The summed E-state index contributed by atoms with van der Waals surface area (Å²) in [7, 11) is -6.46. The predicted molar refractivity (Wildman–Crippen MR) is 94.8 cm³/mol. The molecule has 1 aromatic rings. The molecule has 0 bridgehead atoms. The van der Waals surface area contributed by atoms with Gasteiger partial charge in [-0.25, -0.2) is 0 Å². The van der Waals surface area contributed by atoms with Crippen molar-refractivity contribution in [1.82, 2.24) is 0 Å². The Bertz CT molecular complexity index is 411. The van der Waals surface area contributed by atoms with Crippen molar-refractivity contribution in [3.63, 3.8) is 0 Å². The van der Waals surface area contributed by atoms with Gasteiger partial charge in [-0.2, -0.15) is 0 Å². The fourth-order valence-electron chi connectivity index (χ4n) is 2.32. The number of hydrogen-bond acceptors (Lipinski definition) is 3. The quantitative estimate of drug-likeness (QED) is 0.712. The normalized spacial score (nSPS) is 15.7. The summed E-state index contributed by atoms with van der Waals surface area (Å²) >= 11 is 0. The van der Waals surface area contributed by atoms with E-state index in [0.717, 1.165) is 0 Å². The summed E-state index contributed by atoms with van der Waals surface area (Å²) in [6, 6.07) is 10.4. The van der Waals surface area contributed by atoms with Gasteiger partial charge in [0.25, 0.3) is 0 Å². The van der Waals surface area contributed by atoms with Crippen molar-refractivity contribution in [1.29, 1.82) is 0 Å². The highest BCUT2D eigenvalue weighted by Crippen LogP contribution is 2.19. The van der Waals surface area contributed by atoms with Gasteiger partial charge < -0.3 is 12.3 Å². The molecule has 0 spiro atoms. The van der Waals surface area contributed by atoms with Gasteiger partial charge in [0.1, 0.15) is 0 Å². The minimum atomic E-state index is -2.38. The first-order chi connectivity index (χ1) is 9.15. The maximum Gasteiger partial charge on any atom is 0.350 e. The summed E-state index contributed by atoms with van der Waals surface area (Å²) in [6.07, 6.45) is 0. The summed E-state index contributed by atoms with van der Waals surface area (Å²) in [5, 5.41) is 1.20. The molecule has 0 fully saturated rings. The molecule has 0 heterocycles. The number of hydrogen-bond donors (Lipinski definition) is 0. The Hall–Kier alpha value is -0.0325. The van der Waals surface area contributed by atoms with Gasteiger partial charge >= 0.3 is 17.1 Å². The van der Waals surface area contributed by atoms with Crippen molar-refractivity contribution in [3.05, 3.63) is 30.3 Å². The van der Waals surface area contributed by atoms with E-state index >= 15 is 0 Å². The molecule has 1 rings (SSSR count). The Morgan fingerprint density at radius 1 is 1.00 bits per heavy atom. The van der Waals surface area contributed by atoms with Gasteiger partial charge in [0.15, 0.2) is 18.1 Å². The smallest absolute Gasteiger partial charge is 0.350 e. The zero-order valence-electron chi connectivity index (χ0n) is 13.7. The molecule has 7 heteroatoms. The average molecular weight is 344 g/mol. The SMILES string of the molecule is C[Si](C)O[Si](C)(C)O[Si](C)(O[SiH](C)C)c1ccccc1. The van der Waals surface area contributed by atoms with Gasteiger partial charge in [0, 0.05) is 0 Å². The lowest BCUT2D eigenvalue weighted by atomic mass is 10.4. The fourth-order valence-corrected chi connectivity index (χ4v) is 16.6. The lowest BCUT2D eigenvalue weighted by Crippen LogP contribution is -2.60. The molecule has 3 nitrogen and oxygen atoms in total. The highest BCUT2D eigenvalue weighted by atomic mass is 28.5. The molecule has 0 aliphatic heterocycles. The summed E-state index contributed by atoms with van der Waals surface area (Å²) < 4.78 is 19.0. The Morgan fingerprint density at radius 3 is 2.00 bits per heavy atom. The second kappa shape index (κ2) is 7.30. The van der Waals surface area contributed by atoms with Gasteiger partial charge in [-0.15, -0.1) is 0 Å². The van der Waals surface area contributed by atoms with Crippen LogP contribution in [0.1, 0.15) is 0 Å². The monoisotopic (exact) mass is 343 g/mol. The molecule has 1 unspecified atom stereocenters. The van der Waals surface area contributed by atoms with Crippen LogP contribution in [-0.2, 0) is 12.3 Å². The fraction of sp³-hybridized carbons (Fsp3) is 0.538. The van der Waals surface area contributed by atoms with Crippen molar-refractivity contribution in [2.75, 3.05) is 0 Å². The molecule has 113 valence electrons. The van der Waals surface area contributed by atoms with Crippen LogP contribution in [0.15, 0.2) is 30.3 Å². The van der Waals surface area contributed by atoms with E-state index in [4.69, 9.17) is 12.3 Å². The van der Waals surface area contributed by atoms with Gasteiger partial charge in [0.2, 0.25) is 0 Å². The van der Waals surface area contributed by atoms with Crippen LogP contribution < -0.4 is 5.19 Å². The second-order valence-electron chi connectivity index (χ2n) is 5.99. The first-order valence-electron chi connectivity index (χ1n) is 7.07. The van der Waals surface area contributed by atoms with Gasteiger partial charge in [-0.1, -0.05) is 30.3 Å². The van der Waals surface area contributed by atoms with Crippen molar-refractivity contribution >= 4 is 40.4 Å². The zero-order chi connectivity index (χ0) is 15.4. The summed E-state index contributed by atoms with van der Waals surface area (Å²) in [4.78, 5) is 0. The molecule has 0 aliphatic carbocycles. The molecule has 1 aromatic carbocycles. The van der Waals surface area contributed by atoms with E-state index in [0.29, 0.717) is 0 Å². The Morgan fingerprint density at radius 2 is 1.55 bits per heavy atom. The van der Waals surface area contributed by atoms with E-state index in [-0.39, 0.29) is 0 Å². The van der Waals surface area contributed by atoms with Gasteiger partial charge in [-0.05, 0) is 51.0 Å². The van der Waals surface area contributed by atoms with E-state index in [1.54, 1.807) is 0 Å². The molecule has 1 radical (unpaired) electrons. The van der Waals surface area contributed by atoms with Gasteiger partial charge in [0.05, 0.1) is 0 Å². The zero-order valence-corrected chi connectivity index (χ0v) is 17.8. The summed E-state index contributed by atoms with van der Waals surface area (Å²) in [5.41, 5.74) is 0. The minimum absolute atomic E-state index is 0.758. The molecule has 0 aromatic heterocycles. The largest absolute Gasteiger partial charge is 0.437 e. The van der Waals surface area contributed by atoms with E-state index in [9.17, 15) is 0 Å². The van der Waals surface area contributed by atoms with E-state index in [1.165, 1.54) is 5.19 Å². The molecular weight excluding hydrogens is 316 g/mol. The minimum Gasteiger partial charge on any atom is -0.437 e. The Balaban J connectivity index is 3.01. The first-order valence-corrected chi connectivity index (χ1v) is 17.4. The van der Waals surface area contributed by atoms with Crippen molar-refractivity contribution < 1.29 is 12.3 Å². The van der Waals surface area contributed by atoms with Crippen LogP contribution in [-0.4, -0.2) is 35.2 Å². The Labute approximate surface area is 129 Å². The third-order valence-corrected chi connectivity index (χ3v) is 14.8. The van der Waals surface area contributed by atoms with Gasteiger partial charge in [-0.3, -0.25) is 0 Å². The van der Waals surface area contributed by atoms with Crippen LogP contribution in [0.2, 0.25) is 45.8 Å². The molecule has 0 amide bonds. The summed E-state index contributed by atoms with van der Waals surface area (Å²) in [5.74, 6) is 0. The third kappa shape index (κ3) is 5.76. The van der Waals surface area contributed by atoms with Crippen molar-refractivity contribution in [2.45, 2.75) is 45.8 Å². The molecule has 0 aliphatic rings. The molecule has 0 saturated carbocycles. The molecule has 1 atom stereocenters. The maximum absolute atomic E-state index is 6.53. The lowest BCUT2D eigenvalue weighted by Gasteiger charge is -2.37. The topological polar surface area (TPSA) is 27.7 Å². The average Bonchev–Trinajstić information content (AvgIpc) is 2.26. The second-order valence-corrected chi connectivity index (χ2v) is 17.7. The van der Waals surface area contributed by atoms with Crippen LogP contribution in [0.25, 0.3) is 0 Å². The van der Waals surface area contributed by atoms with Crippen molar-refractivity contribution in [3.8, 4) is 0 Å². The number of rotatable bonds is 7. The lowest BCUT2D eigenvalue weighted by molar-refractivity contribution is 0.346. The predicted octanol–water partition coefficient (Wildman–Crippen LogP) is 2.95. The van der Waals surface area contributed by atoms with Crippen LogP contribution in [0, 0.1) is 0 Å². The highest BCUT2D eigenvalue weighted by molar-refractivity contribution is 6.91. The Kier molecular flexibility index (Phi) is 6.57. The van der Waals surface area contributed by atoms with E-state index < -0.39 is 35.2 Å². The molecule has 20 heavy (non-hydrogen) atoms. The molecule has 0 saturated heterocycles. The first kappa shape index (κ1) is 18.0. The van der Waals surface area contributed by atoms with E-state index in [1.807, 2.05) is 6.07 Å². The van der Waals surface area contributed by atoms with Crippen LogP contribution in [0.5, 0.6) is 0 Å². The maximum atomic E-state index is 6.53. The molecule has 0 N–H and O–H groups in total.